The van der Waals surface area contributed by atoms with E-state index in [1.54, 1.807) is 24.2 Å². The van der Waals surface area contributed by atoms with Crippen LogP contribution in [-0.2, 0) is 0 Å². The summed E-state index contributed by atoms with van der Waals surface area (Å²) >= 11 is 7.83. The van der Waals surface area contributed by atoms with E-state index < -0.39 is 0 Å². The Morgan fingerprint density at radius 1 is 1.39 bits per heavy atom. The molecule has 1 unspecified atom stereocenters. The molecule has 2 aromatic rings. The van der Waals surface area contributed by atoms with Crippen molar-refractivity contribution in [1.29, 1.82) is 0 Å². The Morgan fingerprint density at radius 2 is 2.17 bits per heavy atom. The average Bonchev–Trinajstić information content (AvgIpc) is 2.98. The molecule has 0 amide bonds. The molecule has 1 aliphatic heterocycles. The predicted molar refractivity (Wildman–Crippen MR) is 77.2 cm³/mol. The first-order valence-corrected chi connectivity index (χ1v) is 7.16. The maximum Gasteiger partial charge on any atom is 0.228 e. The van der Waals surface area contributed by atoms with Crippen molar-refractivity contribution in [3.8, 4) is 11.5 Å². The van der Waals surface area contributed by atoms with Crippen molar-refractivity contribution < 1.29 is 4.42 Å². The summed E-state index contributed by atoms with van der Waals surface area (Å²) in [6.07, 6.45) is 3.20. The number of fused-ring (bicyclic) bond motifs is 1. The van der Waals surface area contributed by atoms with Crippen LogP contribution in [0.25, 0.3) is 11.5 Å². The highest BCUT2D eigenvalue weighted by atomic mass is 35.5. The molecule has 1 atom stereocenters. The maximum atomic E-state index is 6.08. The first-order chi connectivity index (χ1) is 8.74. The van der Waals surface area contributed by atoms with E-state index in [1.807, 2.05) is 26.0 Å². The molecule has 5 heteroatoms. The van der Waals surface area contributed by atoms with E-state index in [1.165, 1.54) is 0 Å². The van der Waals surface area contributed by atoms with E-state index in [-0.39, 0.29) is 0 Å². The van der Waals surface area contributed by atoms with Crippen molar-refractivity contribution >= 4 is 29.1 Å². The summed E-state index contributed by atoms with van der Waals surface area (Å²) in [4.78, 5) is 5.30. The minimum atomic E-state index is 0.349. The summed E-state index contributed by atoms with van der Waals surface area (Å²) in [5.41, 5.74) is 1.98. The van der Waals surface area contributed by atoms with Gasteiger partial charge in [-0.05, 0) is 19.1 Å². The van der Waals surface area contributed by atoms with Gasteiger partial charge in [0.25, 0.3) is 0 Å². The quantitative estimate of drug-likeness (QED) is 0.808. The summed E-state index contributed by atoms with van der Waals surface area (Å²) < 4.78 is 5.32. The fraction of sp³-hybridized carbons (Fsp3) is 0.308. The lowest BCUT2D eigenvalue weighted by Gasteiger charge is -2.06. The first-order valence-electron chi connectivity index (χ1n) is 5.90. The molecule has 1 N–H and O–H groups in total. The Labute approximate surface area is 116 Å². The van der Waals surface area contributed by atoms with Crippen LogP contribution in [0.15, 0.2) is 33.9 Å². The van der Waals surface area contributed by atoms with Gasteiger partial charge in [-0.25, -0.2) is 4.98 Å². The molecule has 0 aliphatic carbocycles. The van der Waals surface area contributed by atoms with E-state index in [4.69, 9.17) is 16.0 Å². The van der Waals surface area contributed by atoms with Crippen LogP contribution in [0, 0.1) is 0 Å². The fourth-order valence-corrected chi connectivity index (χ4v) is 3.09. The highest BCUT2D eigenvalue weighted by molar-refractivity contribution is 8.00. The largest absolute Gasteiger partial charge is 0.444 e. The van der Waals surface area contributed by atoms with Crippen LogP contribution in [0.5, 0.6) is 0 Å². The summed E-state index contributed by atoms with van der Waals surface area (Å²) in [6.45, 7) is 6.11. The summed E-state index contributed by atoms with van der Waals surface area (Å²) in [6, 6.07) is 3.84. The van der Waals surface area contributed by atoms with Gasteiger partial charge in [0.05, 0.1) is 22.8 Å². The third-order valence-electron chi connectivity index (χ3n) is 2.38. The smallest absolute Gasteiger partial charge is 0.228 e. The zero-order valence-corrected chi connectivity index (χ0v) is 12.1. The molecule has 0 spiro atoms. The molecular weight excluding hydrogens is 268 g/mol. The van der Waals surface area contributed by atoms with Gasteiger partial charge in [0, 0.05) is 9.92 Å². The lowest BCUT2D eigenvalue weighted by Crippen LogP contribution is -2.03. The van der Waals surface area contributed by atoms with Crippen molar-refractivity contribution in [2.45, 2.75) is 31.0 Å². The number of nitrogens with one attached hydrogen (secondary N) is 1. The number of oxazole rings is 1. The Kier molecular flexibility index (Phi) is 4.19. The lowest BCUT2D eigenvalue weighted by atomic mass is 10.1. The number of aromatic nitrogens is 1. The van der Waals surface area contributed by atoms with Gasteiger partial charge in [0.15, 0.2) is 0 Å². The van der Waals surface area contributed by atoms with Gasteiger partial charge >= 0.3 is 0 Å². The van der Waals surface area contributed by atoms with Gasteiger partial charge < -0.3 is 9.73 Å². The van der Waals surface area contributed by atoms with Crippen molar-refractivity contribution in [2.24, 2.45) is 0 Å². The molecule has 1 aromatic heterocycles. The van der Waals surface area contributed by atoms with E-state index >= 15 is 0 Å². The third-order valence-corrected chi connectivity index (χ3v) is 3.65. The molecule has 0 bridgehead atoms. The summed E-state index contributed by atoms with van der Waals surface area (Å²) in [5.74, 6) is 0.598. The van der Waals surface area contributed by atoms with Crippen LogP contribution in [0.1, 0.15) is 20.8 Å². The van der Waals surface area contributed by atoms with Crippen LogP contribution in [0.2, 0.25) is 5.02 Å². The van der Waals surface area contributed by atoms with Crippen LogP contribution in [0.4, 0.5) is 5.69 Å². The molecule has 0 fully saturated rings. The second kappa shape index (κ2) is 5.67. The SMILES string of the molecule is CC.CC1Nc2c(cc(Cl)cc2-c2ncco2)S1. The number of thioether (sulfide) groups is 1. The van der Waals surface area contributed by atoms with Gasteiger partial charge in [-0.3, -0.25) is 0 Å². The number of hydrogen-bond donors (Lipinski definition) is 1. The van der Waals surface area contributed by atoms with Crippen molar-refractivity contribution in [3.63, 3.8) is 0 Å². The van der Waals surface area contributed by atoms with E-state index in [0.29, 0.717) is 16.3 Å². The second-order valence-electron chi connectivity index (χ2n) is 3.57. The maximum absolute atomic E-state index is 6.08. The van der Waals surface area contributed by atoms with Gasteiger partial charge in [-0.15, -0.1) is 0 Å². The number of benzene rings is 1. The molecule has 0 saturated heterocycles. The number of hydrogen-bond acceptors (Lipinski definition) is 4. The average molecular weight is 283 g/mol. The normalized spacial score (nSPS) is 16.6. The number of rotatable bonds is 1. The third kappa shape index (κ3) is 2.49. The van der Waals surface area contributed by atoms with Crippen molar-refractivity contribution in [2.75, 3.05) is 5.32 Å². The molecule has 1 aliphatic rings. The van der Waals surface area contributed by atoms with Crippen LogP contribution in [-0.4, -0.2) is 10.4 Å². The number of halogens is 1. The van der Waals surface area contributed by atoms with Crippen molar-refractivity contribution in [1.82, 2.24) is 4.98 Å². The molecule has 18 heavy (non-hydrogen) atoms. The van der Waals surface area contributed by atoms with Gasteiger partial charge in [0.1, 0.15) is 6.26 Å². The molecule has 0 saturated carbocycles. The Hall–Kier alpha value is -1.13. The molecule has 1 aromatic carbocycles. The van der Waals surface area contributed by atoms with Gasteiger partial charge in [-0.2, -0.15) is 0 Å². The van der Waals surface area contributed by atoms with E-state index in [9.17, 15) is 0 Å². The number of nitrogens with zero attached hydrogens (tertiary/aromatic N) is 1. The molecule has 2 heterocycles. The summed E-state index contributed by atoms with van der Waals surface area (Å²) in [5, 5.41) is 4.44. The molecule has 3 nitrogen and oxygen atoms in total. The highest BCUT2D eigenvalue weighted by Gasteiger charge is 2.23. The Balaban J connectivity index is 0.000000574. The van der Waals surface area contributed by atoms with Crippen LogP contribution < -0.4 is 5.32 Å². The van der Waals surface area contributed by atoms with Gasteiger partial charge in [-0.1, -0.05) is 37.2 Å². The number of anilines is 1. The standard InChI is InChI=1S/C11H9ClN2OS.C2H6/c1-6-14-10-8(11-13-2-3-15-11)4-7(12)5-9(10)16-6;1-2/h2-6,14H,1H3;1-2H3. The minimum absolute atomic E-state index is 0.349. The Bertz CT molecular complexity index is 528. The monoisotopic (exact) mass is 282 g/mol. The van der Waals surface area contributed by atoms with Crippen LogP contribution >= 0.6 is 23.4 Å². The van der Waals surface area contributed by atoms with Gasteiger partial charge in [0.2, 0.25) is 5.89 Å². The topological polar surface area (TPSA) is 38.1 Å². The minimum Gasteiger partial charge on any atom is -0.444 e. The van der Waals surface area contributed by atoms with E-state index in [2.05, 4.69) is 17.2 Å². The molecule has 3 rings (SSSR count). The van der Waals surface area contributed by atoms with Crippen molar-refractivity contribution in [3.05, 3.63) is 29.6 Å². The second-order valence-corrected chi connectivity index (χ2v) is 5.39. The predicted octanol–water partition coefficient (Wildman–Crippen LogP) is 4.88. The first kappa shape index (κ1) is 13.3. The summed E-state index contributed by atoms with van der Waals surface area (Å²) in [7, 11) is 0. The molecule has 0 radical (unpaired) electrons. The zero-order chi connectivity index (χ0) is 13.1. The fourth-order valence-electron chi connectivity index (χ4n) is 1.77. The highest BCUT2D eigenvalue weighted by Crippen LogP contribution is 2.45. The Morgan fingerprint density at radius 3 is 2.83 bits per heavy atom. The molecule has 96 valence electrons. The lowest BCUT2D eigenvalue weighted by molar-refractivity contribution is 0.574. The van der Waals surface area contributed by atoms with Crippen LogP contribution in [0.3, 0.4) is 0 Å². The molecular formula is C13H15ClN2OS. The zero-order valence-electron chi connectivity index (χ0n) is 10.5. The van der Waals surface area contributed by atoms with E-state index in [0.717, 1.165) is 16.1 Å².